The Morgan fingerprint density at radius 3 is 1.98 bits per heavy atom. The first kappa shape index (κ1) is 33.5. The molecule has 0 saturated heterocycles. The first-order valence-corrected chi connectivity index (χ1v) is 17.5. The maximum Gasteiger partial charge on any atom is 0.264 e. The van der Waals surface area contributed by atoms with Crippen LogP contribution < -0.4 is 9.62 Å². The third-order valence-electron chi connectivity index (χ3n) is 8.19. The normalized spacial score (nSPS) is 14.1. The standard InChI is InChI=1S/C36H37Cl2N3O4S/c1-26-16-18-33(19-17-26)46(44,45)41(32-22-29(37)21-30(38)23-32)25-35(42)40(24-28-12-6-3-7-13-28)34(20-27-10-4-2-5-11-27)36(43)39-31-14-8-9-15-31/h2-7,10-13,16-19,21-23,31,34H,8-9,14-15,20,24-25H2,1H3,(H,39,43)/t34-/m1/s1. The van der Waals surface area contributed by atoms with Crippen molar-refractivity contribution in [2.45, 2.75) is 62.6 Å². The van der Waals surface area contributed by atoms with Crippen LogP contribution in [0.5, 0.6) is 0 Å². The van der Waals surface area contributed by atoms with E-state index in [0.717, 1.165) is 46.7 Å². The molecule has 2 amide bonds. The maximum absolute atomic E-state index is 14.6. The van der Waals surface area contributed by atoms with Gasteiger partial charge in [-0.25, -0.2) is 8.42 Å². The summed E-state index contributed by atoms with van der Waals surface area (Å²) < 4.78 is 29.4. The summed E-state index contributed by atoms with van der Waals surface area (Å²) in [5.74, 6) is -0.808. The molecule has 0 bridgehead atoms. The van der Waals surface area contributed by atoms with Crippen molar-refractivity contribution >= 4 is 50.7 Å². The van der Waals surface area contributed by atoms with Gasteiger partial charge in [-0.2, -0.15) is 0 Å². The number of anilines is 1. The molecular weight excluding hydrogens is 641 g/mol. The van der Waals surface area contributed by atoms with Crippen LogP contribution in [0.25, 0.3) is 0 Å². The van der Waals surface area contributed by atoms with Crippen molar-refractivity contribution in [3.05, 3.63) is 130 Å². The monoisotopic (exact) mass is 677 g/mol. The van der Waals surface area contributed by atoms with Gasteiger partial charge >= 0.3 is 0 Å². The van der Waals surface area contributed by atoms with Crippen LogP contribution >= 0.6 is 23.2 Å². The number of carbonyl (C=O) groups excluding carboxylic acids is 2. The molecule has 1 saturated carbocycles. The van der Waals surface area contributed by atoms with E-state index < -0.39 is 28.5 Å². The van der Waals surface area contributed by atoms with E-state index in [2.05, 4.69) is 5.32 Å². The average Bonchev–Trinajstić information content (AvgIpc) is 3.55. The number of nitrogens with zero attached hydrogens (tertiary/aromatic N) is 2. The highest BCUT2D eigenvalue weighted by Gasteiger charge is 2.35. The van der Waals surface area contributed by atoms with Crippen molar-refractivity contribution in [1.29, 1.82) is 0 Å². The lowest BCUT2D eigenvalue weighted by Gasteiger charge is -2.34. The van der Waals surface area contributed by atoms with Crippen LogP contribution in [0.2, 0.25) is 10.0 Å². The number of carbonyl (C=O) groups is 2. The maximum atomic E-state index is 14.6. The Balaban J connectivity index is 1.57. The molecule has 10 heteroatoms. The third kappa shape index (κ3) is 8.49. The summed E-state index contributed by atoms with van der Waals surface area (Å²) in [5.41, 5.74) is 2.71. The van der Waals surface area contributed by atoms with Gasteiger partial charge in [-0.15, -0.1) is 0 Å². The molecule has 0 heterocycles. The van der Waals surface area contributed by atoms with E-state index >= 15 is 0 Å². The Labute approximate surface area is 281 Å². The smallest absolute Gasteiger partial charge is 0.264 e. The quantitative estimate of drug-likeness (QED) is 0.172. The SMILES string of the molecule is Cc1ccc(S(=O)(=O)N(CC(=O)N(Cc2ccccc2)[C@H](Cc2ccccc2)C(=O)NC2CCCC2)c2cc(Cl)cc(Cl)c2)cc1. The molecule has 4 aromatic rings. The van der Waals surface area contributed by atoms with Crippen LogP contribution in [0.1, 0.15) is 42.4 Å². The fourth-order valence-electron chi connectivity index (χ4n) is 5.75. The zero-order valence-electron chi connectivity index (χ0n) is 25.6. The van der Waals surface area contributed by atoms with Gasteiger partial charge in [0.1, 0.15) is 12.6 Å². The number of rotatable bonds is 12. The van der Waals surface area contributed by atoms with Gasteiger partial charge in [0.25, 0.3) is 10.0 Å². The summed E-state index contributed by atoms with van der Waals surface area (Å²) in [4.78, 5) is 30.2. The molecule has 0 spiro atoms. The molecule has 1 aliphatic carbocycles. The highest BCUT2D eigenvalue weighted by atomic mass is 35.5. The lowest BCUT2D eigenvalue weighted by Crippen LogP contribution is -2.54. The van der Waals surface area contributed by atoms with Gasteiger partial charge in [-0.1, -0.05) is 114 Å². The molecular formula is C36H37Cl2N3O4S. The summed E-state index contributed by atoms with van der Waals surface area (Å²) in [5, 5.41) is 3.62. The molecule has 240 valence electrons. The first-order chi connectivity index (χ1) is 22.1. The Morgan fingerprint density at radius 2 is 1.39 bits per heavy atom. The zero-order valence-corrected chi connectivity index (χ0v) is 27.9. The number of benzene rings is 4. The second-order valence-corrected chi connectivity index (χ2v) is 14.4. The molecule has 1 N–H and O–H groups in total. The van der Waals surface area contributed by atoms with E-state index in [-0.39, 0.29) is 45.5 Å². The van der Waals surface area contributed by atoms with Crippen molar-refractivity contribution in [2.24, 2.45) is 0 Å². The number of hydrogen-bond acceptors (Lipinski definition) is 4. The van der Waals surface area contributed by atoms with Crippen LogP contribution in [0.3, 0.4) is 0 Å². The predicted octanol–water partition coefficient (Wildman–Crippen LogP) is 7.20. The van der Waals surface area contributed by atoms with Gasteiger partial charge in [0, 0.05) is 29.1 Å². The molecule has 7 nitrogen and oxygen atoms in total. The minimum Gasteiger partial charge on any atom is -0.352 e. The van der Waals surface area contributed by atoms with Crippen molar-refractivity contribution in [3.8, 4) is 0 Å². The second-order valence-electron chi connectivity index (χ2n) is 11.7. The lowest BCUT2D eigenvalue weighted by molar-refractivity contribution is -0.140. The summed E-state index contributed by atoms with van der Waals surface area (Å²) in [6.07, 6.45) is 4.10. The lowest BCUT2D eigenvalue weighted by atomic mass is 10.0. The predicted molar refractivity (Wildman–Crippen MR) is 183 cm³/mol. The highest BCUT2D eigenvalue weighted by Crippen LogP contribution is 2.30. The van der Waals surface area contributed by atoms with E-state index in [4.69, 9.17) is 23.2 Å². The third-order valence-corrected chi connectivity index (χ3v) is 10.4. The summed E-state index contributed by atoms with van der Waals surface area (Å²) in [6, 6.07) is 28.8. The number of amides is 2. The van der Waals surface area contributed by atoms with Gasteiger partial charge in [-0.3, -0.25) is 13.9 Å². The number of aryl methyl sites for hydroxylation is 1. The van der Waals surface area contributed by atoms with Crippen LogP contribution in [-0.4, -0.2) is 43.8 Å². The van der Waals surface area contributed by atoms with Crippen LogP contribution in [0.15, 0.2) is 108 Å². The molecule has 0 aromatic heterocycles. The molecule has 1 fully saturated rings. The van der Waals surface area contributed by atoms with Gasteiger partial charge in [0.2, 0.25) is 11.8 Å². The molecule has 0 unspecified atom stereocenters. The van der Waals surface area contributed by atoms with E-state index in [9.17, 15) is 18.0 Å². The van der Waals surface area contributed by atoms with E-state index in [0.29, 0.717) is 0 Å². The Bertz CT molecular complexity index is 1730. The zero-order chi connectivity index (χ0) is 32.7. The largest absolute Gasteiger partial charge is 0.352 e. The second kappa shape index (κ2) is 15.2. The van der Waals surface area contributed by atoms with Crippen LogP contribution in [0, 0.1) is 6.92 Å². The van der Waals surface area contributed by atoms with Crippen LogP contribution in [0.4, 0.5) is 5.69 Å². The molecule has 1 atom stereocenters. The minimum atomic E-state index is -4.26. The summed E-state index contributed by atoms with van der Waals surface area (Å²) in [6.45, 7) is 1.38. The molecule has 4 aromatic carbocycles. The highest BCUT2D eigenvalue weighted by molar-refractivity contribution is 7.92. The Kier molecular flexibility index (Phi) is 11.0. The molecule has 0 radical (unpaired) electrons. The molecule has 1 aliphatic rings. The molecule has 0 aliphatic heterocycles. The van der Waals surface area contributed by atoms with E-state index in [1.165, 1.54) is 35.2 Å². The fourth-order valence-corrected chi connectivity index (χ4v) is 7.66. The molecule has 5 rings (SSSR count). The first-order valence-electron chi connectivity index (χ1n) is 15.3. The summed E-state index contributed by atoms with van der Waals surface area (Å²) >= 11 is 12.7. The number of hydrogen-bond donors (Lipinski definition) is 1. The van der Waals surface area contributed by atoms with E-state index in [1.807, 2.05) is 67.6 Å². The minimum absolute atomic E-state index is 0.0106. The number of sulfonamides is 1. The van der Waals surface area contributed by atoms with Gasteiger partial charge in [-0.05, 0) is 61.2 Å². The van der Waals surface area contributed by atoms with Crippen molar-refractivity contribution in [3.63, 3.8) is 0 Å². The van der Waals surface area contributed by atoms with Crippen molar-refractivity contribution in [1.82, 2.24) is 10.2 Å². The van der Waals surface area contributed by atoms with E-state index in [1.54, 1.807) is 12.1 Å². The number of nitrogens with one attached hydrogen (secondary N) is 1. The van der Waals surface area contributed by atoms with Crippen LogP contribution in [-0.2, 0) is 32.6 Å². The fraction of sp³-hybridized carbons (Fsp3) is 0.278. The van der Waals surface area contributed by atoms with Gasteiger partial charge in [0.15, 0.2) is 0 Å². The average molecular weight is 679 g/mol. The number of halogens is 2. The van der Waals surface area contributed by atoms with Crippen molar-refractivity contribution in [2.75, 3.05) is 10.8 Å². The van der Waals surface area contributed by atoms with Gasteiger partial charge in [0.05, 0.1) is 10.6 Å². The molecule has 46 heavy (non-hydrogen) atoms. The van der Waals surface area contributed by atoms with Gasteiger partial charge < -0.3 is 10.2 Å². The van der Waals surface area contributed by atoms with Crippen molar-refractivity contribution < 1.29 is 18.0 Å². The topological polar surface area (TPSA) is 86.8 Å². The Morgan fingerprint density at radius 1 is 0.826 bits per heavy atom. The Hall–Kier alpha value is -3.85. The summed E-state index contributed by atoms with van der Waals surface area (Å²) in [7, 11) is -4.26.